The van der Waals surface area contributed by atoms with Crippen LogP contribution in [0.1, 0.15) is 84.5 Å². The summed E-state index contributed by atoms with van der Waals surface area (Å²) >= 11 is 0. The number of unbranched alkanes of at least 4 members (excludes halogenated alkanes) is 3. The van der Waals surface area contributed by atoms with E-state index < -0.39 is 134 Å². The number of aliphatic hydroxyl groups excluding tert-OH is 2. The molecule has 9 amide bonds. The highest BCUT2D eigenvalue weighted by molar-refractivity contribution is 5.98. The second-order valence-electron chi connectivity index (χ2n) is 14.9. The first-order valence-corrected chi connectivity index (χ1v) is 21.0. The molecule has 386 valence electrons. The lowest BCUT2D eigenvalue weighted by Crippen LogP contribution is -2.61. The summed E-state index contributed by atoms with van der Waals surface area (Å²) in [6, 6.07) is -9.47. The standard InChI is InChI=1S/C35H65N13O11.C2HF3O2.CH4/c36-12-4-1-8-20(29(41)53)43-34(58)26-11-7-15-48(26)35(59)22(10-3-6-14-38)45-33(57)25(19-50)47-30(54)21(9-2-5-13-37)44-31(55)23(16-27(40)51)46-32(56)24(18-49)42-28(52)17-39;3-2(4,5)1(6)7;/h20-26,49-50H,1-19,36-39H2,(H2,40,51)(H2,41,53)(H,42,52)(H,43,58)(H,44,55)(H,45,57)(H,46,56)(H,47,54);(H,6,7);1H4/t20-,21-,22-,23-,24-,25-,26-;;/m0../s1. The topological polar surface area (TPSA) is 463 Å². The van der Waals surface area contributed by atoms with Crippen molar-refractivity contribution in [1.82, 2.24) is 36.8 Å². The van der Waals surface area contributed by atoms with E-state index in [2.05, 4.69) is 31.9 Å². The summed E-state index contributed by atoms with van der Waals surface area (Å²) < 4.78 is 31.7. The number of carboxylic acids is 1. The zero-order valence-corrected chi connectivity index (χ0v) is 36.4. The van der Waals surface area contributed by atoms with Gasteiger partial charge in [-0.15, -0.1) is 0 Å². The lowest BCUT2D eigenvalue weighted by Gasteiger charge is -2.30. The van der Waals surface area contributed by atoms with Crippen molar-refractivity contribution >= 4 is 59.1 Å². The zero-order valence-electron chi connectivity index (χ0n) is 36.4. The molecule has 0 aromatic rings. The Kier molecular flexibility index (Phi) is 31.8. The highest BCUT2D eigenvalue weighted by Crippen LogP contribution is 2.21. The predicted molar refractivity (Wildman–Crippen MR) is 232 cm³/mol. The van der Waals surface area contributed by atoms with Gasteiger partial charge in [-0.25, -0.2) is 4.79 Å². The number of rotatable bonds is 30. The third-order valence-corrected chi connectivity index (χ3v) is 9.70. The van der Waals surface area contributed by atoms with Gasteiger partial charge in [0.25, 0.3) is 0 Å². The Labute approximate surface area is 385 Å². The molecule has 1 fully saturated rings. The molecule has 1 aliphatic heterocycles. The van der Waals surface area contributed by atoms with Gasteiger partial charge in [0.05, 0.1) is 26.2 Å². The number of halogens is 3. The molecule has 0 saturated carbocycles. The van der Waals surface area contributed by atoms with Crippen molar-refractivity contribution in [3.05, 3.63) is 0 Å². The molecule has 0 aromatic heterocycles. The van der Waals surface area contributed by atoms with E-state index in [1.165, 1.54) is 4.90 Å². The molecule has 0 aromatic carbocycles. The summed E-state index contributed by atoms with van der Waals surface area (Å²) in [5.41, 5.74) is 32.8. The maximum Gasteiger partial charge on any atom is 0.490 e. The fourth-order valence-corrected chi connectivity index (χ4v) is 6.20. The van der Waals surface area contributed by atoms with E-state index in [4.69, 9.17) is 44.3 Å². The molecule has 0 radical (unpaired) electrons. The van der Waals surface area contributed by atoms with Crippen LogP contribution in [0.5, 0.6) is 0 Å². The Bertz CT molecular complexity index is 1630. The minimum Gasteiger partial charge on any atom is -0.475 e. The molecule has 1 saturated heterocycles. The first-order chi connectivity index (χ1) is 31.0. The molecular formula is C38H70F3N13O13. The van der Waals surface area contributed by atoms with E-state index in [1.807, 2.05) is 0 Å². The number of nitrogens with zero attached hydrogens (tertiary/aromatic N) is 1. The number of hydrogen-bond donors (Lipinski definition) is 15. The molecule has 0 unspecified atom stereocenters. The number of amides is 9. The summed E-state index contributed by atoms with van der Waals surface area (Å²) in [7, 11) is 0. The van der Waals surface area contributed by atoms with E-state index >= 15 is 0 Å². The second-order valence-corrected chi connectivity index (χ2v) is 14.9. The number of alkyl halides is 3. The molecule has 1 aliphatic rings. The van der Waals surface area contributed by atoms with Gasteiger partial charge in [0.2, 0.25) is 53.2 Å². The number of primary amides is 2. The quantitative estimate of drug-likeness (QED) is 0.0298. The highest BCUT2D eigenvalue weighted by atomic mass is 19.4. The molecule has 29 heteroatoms. The van der Waals surface area contributed by atoms with Gasteiger partial charge in [0.1, 0.15) is 42.3 Å². The Morgan fingerprint density at radius 3 is 1.43 bits per heavy atom. The molecular weight excluding hydrogens is 903 g/mol. The summed E-state index contributed by atoms with van der Waals surface area (Å²) in [4.78, 5) is 126. The fraction of sp³-hybridized carbons (Fsp3) is 0.737. The van der Waals surface area contributed by atoms with Gasteiger partial charge in [0, 0.05) is 6.54 Å². The monoisotopic (exact) mass is 974 g/mol. The Hall–Kier alpha value is -5.75. The van der Waals surface area contributed by atoms with E-state index in [0.717, 1.165) is 0 Å². The van der Waals surface area contributed by atoms with Crippen molar-refractivity contribution < 1.29 is 76.4 Å². The van der Waals surface area contributed by atoms with Gasteiger partial charge in [-0.1, -0.05) is 7.43 Å². The van der Waals surface area contributed by atoms with Gasteiger partial charge in [-0.3, -0.25) is 43.2 Å². The van der Waals surface area contributed by atoms with E-state index in [9.17, 15) is 66.5 Å². The smallest absolute Gasteiger partial charge is 0.475 e. The van der Waals surface area contributed by atoms with Crippen LogP contribution in [-0.4, -0.2) is 174 Å². The highest BCUT2D eigenvalue weighted by Gasteiger charge is 2.40. The number of hydrogen-bond acceptors (Lipinski definition) is 16. The van der Waals surface area contributed by atoms with Gasteiger partial charge in [-0.05, 0) is 90.3 Å². The molecule has 7 atom stereocenters. The van der Waals surface area contributed by atoms with Gasteiger partial charge >= 0.3 is 12.1 Å². The summed E-state index contributed by atoms with van der Waals surface area (Å²) in [5.74, 6) is -10.6. The molecule has 0 bridgehead atoms. The average molecular weight is 974 g/mol. The minimum absolute atomic E-state index is 0. The molecule has 21 N–H and O–H groups in total. The van der Waals surface area contributed by atoms with Crippen LogP contribution in [0.3, 0.4) is 0 Å². The van der Waals surface area contributed by atoms with Gasteiger partial charge in [0.15, 0.2) is 0 Å². The first kappa shape index (κ1) is 63.3. The largest absolute Gasteiger partial charge is 0.490 e. The van der Waals surface area contributed by atoms with Crippen LogP contribution in [0, 0.1) is 0 Å². The fourth-order valence-electron chi connectivity index (χ4n) is 6.20. The normalized spacial score (nSPS) is 15.8. The molecule has 0 aliphatic carbocycles. The van der Waals surface area contributed by atoms with E-state index in [-0.39, 0.29) is 59.2 Å². The van der Waals surface area contributed by atoms with Crippen molar-refractivity contribution in [3.63, 3.8) is 0 Å². The number of nitrogens with two attached hydrogens (primary N) is 6. The van der Waals surface area contributed by atoms with Crippen LogP contribution in [0.25, 0.3) is 0 Å². The van der Waals surface area contributed by atoms with Crippen molar-refractivity contribution in [1.29, 1.82) is 0 Å². The summed E-state index contributed by atoms with van der Waals surface area (Å²) in [6.07, 6.45) is -2.12. The van der Waals surface area contributed by atoms with Crippen LogP contribution < -0.4 is 66.3 Å². The zero-order chi connectivity index (χ0) is 50.6. The van der Waals surface area contributed by atoms with Crippen molar-refractivity contribution in [2.75, 3.05) is 45.9 Å². The number of nitrogens with one attached hydrogen (secondary N) is 6. The Morgan fingerprint density at radius 1 is 0.597 bits per heavy atom. The van der Waals surface area contributed by atoms with Gasteiger partial charge in [-0.2, -0.15) is 13.2 Å². The summed E-state index contributed by atoms with van der Waals surface area (Å²) in [6.45, 7) is -1.29. The van der Waals surface area contributed by atoms with Crippen LogP contribution in [0.4, 0.5) is 13.2 Å². The lowest BCUT2D eigenvalue weighted by molar-refractivity contribution is -0.192. The summed E-state index contributed by atoms with van der Waals surface area (Å²) in [5, 5.41) is 41.2. The van der Waals surface area contributed by atoms with Crippen LogP contribution >= 0.6 is 0 Å². The predicted octanol–water partition coefficient (Wildman–Crippen LogP) is -6.15. The number of aliphatic hydroxyl groups is 2. The number of aliphatic carboxylic acids is 1. The molecule has 1 heterocycles. The van der Waals surface area contributed by atoms with Crippen molar-refractivity contribution in [2.45, 2.75) is 133 Å². The molecule has 0 spiro atoms. The first-order valence-electron chi connectivity index (χ1n) is 21.0. The number of carbonyl (C=O) groups is 10. The third-order valence-electron chi connectivity index (χ3n) is 9.70. The number of likely N-dealkylation sites (tertiary alicyclic amines) is 1. The molecule has 67 heavy (non-hydrogen) atoms. The van der Waals surface area contributed by atoms with Crippen LogP contribution in [0.2, 0.25) is 0 Å². The van der Waals surface area contributed by atoms with Crippen molar-refractivity contribution in [2.24, 2.45) is 34.4 Å². The average Bonchev–Trinajstić information content (AvgIpc) is 3.75. The lowest BCUT2D eigenvalue weighted by atomic mass is 10.0. The molecule has 1 rings (SSSR count). The number of carbonyl (C=O) groups excluding carboxylic acids is 9. The Balaban J connectivity index is 0. The van der Waals surface area contributed by atoms with Crippen molar-refractivity contribution in [3.8, 4) is 0 Å². The minimum atomic E-state index is -5.08. The van der Waals surface area contributed by atoms with E-state index in [0.29, 0.717) is 45.1 Å². The molecule has 26 nitrogen and oxygen atoms in total. The second kappa shape index (κ2) is 33.7. The van der Waals surface area contributed by atoms with Crippen LogP contribution in [-0.2, 0) is 47.9 Å². The van der Waals surface area contributed by atoms with E-state index in [1.54, 1.807) is 0 Å². The number of carboxylic acid groups (broad SMARTS) is 1. The Morgan fingerprint density at radius 2 is 1.00 bits per heavy atom. The third kappa shape index (κ3) is 24.6. The van der Waals surface area contributed by atoms with Crippen LogP contribution in [0.15, 0.2) is 0 Å². The maximum absolute atomic E-state index is 14.0. The van der Waals surface area contributed by atoms with Gasteiger partial charge < -0.3 is 86.5 Å². The SMILES string of the molecule is C.NCCCC[C@H](NC(=O)[C@@H]1CCCN1C(=O)[C@H](CCCCN)NC(=O)[C@H](CO)NC(=O)[C@H](CCCCN)NC(=O)[C@H](CC(N)=O)NC(=O)[C@H](CO)NC(=O)CN)C(N)=O.O=C(O)C(F)(F)F. The maximum atomic E-state index is 14.0.